The smallest absolute Gasteiger partial charge is 0.308 e. The fraction of sp³-hybridized carbons (Fsp3) is 0.400. The molecule has 1 N–H and O–H groups in total. The number of benzene rings is 1. The van der Waals surface area contributed by atoms with Crippen molar-refractivity contribution in [2.45, 2.75) is 44.4 Å². The molecule has 7 heteroatoms. The van der Waals surface area contributed by atoms with Crippen molar-refractivity contribution in [2.75, 3.05) is 7.11 Å². The number of hydrogen-bond donors (Lipinski definition) is 1. The number of methoxy groups -OCH3 is 1. The van der Waals surface area contributed by atoms with E-state index < -0.39 is 33.4 Å². The van der Waals surface area contributed by atoms with Crippen LogP contribution >= 0.6 is 0 Å². The summed E-state index contributed by atoms with van der Waals surface area (Å²) < 4.78 is 35.0. The van der Waals surface area contributed by atoms with Gasteiger partial charge in [-0.15, -0.1) is 4.72 Å². The van der Waals surface area contributed by atoms with Gasteiger partial charge in [-0.1, -0.05) is 29.8 Å². The molecule has 0 amide bonds. The summed E-state index contributed by atoms with van der Waals surface area (Å²) in [6.45, 7) is 7.31. The molecule has 146 valence electrons. The van der Waals surface area contributed by atoms with Crippen LogP contribution in [0.5, 0.6) is 0 Å². The Kier molecular flexibility index (Phi) is 6.62. The third-order valence-electron chi connectivity index (χ3n) is 4.17. The molecule has 0 radical (unpaired) electrons. The van der Waals surface area contributed by atoms with Crippen molar-refractivity contribution in [3.63, 3.8) is 0 Å². The number of nitrogens with zero attached hydrogens (tertiary/aromatic N) is 1. The van der Waals surface area contributed by atoms with Crippen molar-refractivity contribution in [1.82, 2.24) is 9.71 Å². The number of ether oxygens (including phenoxy) is 1. The fourth-order valence-electron chi connectivity index (χ4n) is 2.60. The van der Waals surface area contributed by atoms with E-state index in [1.165, 1.54) is 25.4 Å². The summed E-state index contributed by atoms with van der Waals surface area (Å²) in [5, 5.41) is 0. The van der Waals surface area contributed by atoms with Crippen LogP contribution in [0.2, 0.25) is 0 Å². The topological polar surface area (TPSA) is 74.3 Å². The van der Waals surface area contributed by atoms with Gasteiger partial charge in [0, 0.05) is 17.6 Å². The number of aromatic nitrogens is 1. The van der Waals surface area contributed by atoms with Gasteiger partial charge in [0.2, 0.25) is 0 Å². The van der Waals surface area contributed by atoms with E-state index in [2.05, 4.69) is 9.71 Å². The molecule has 0 aliphatic carbocycles. The van der Waals surface area contributed by atoms with Crippen molar-refractivity contribution in [2.24, 2.45) is 0 Å². The standard InChI is InChI=1S/C20H25FN2O3S/c1-14-8-10-15(11-9-14)20(13-17(24)26-5,23-27(25)19(2,3)4)18-16(21)7-6-12-22-18/h6-12,23H,13H2,1-5H3/t20-,27?/m0/s1. The lowest BCUT2D eigenvalue weighted by Crippen LogP contribution is -2.54. The van der Waals surface area contributed by atoms with Gasteiger partial charge in [0.05, 0.1) is 13.5 Å². The minimum Gasteiger partial charge on any atom is -0.598 e. The second-order valence-electron chi connectivity index (χ2n) is 7.34. The summed E-state index contributed by atoms with van der Waals surface area (Å²) >= 11 is -1.60. The maximum Gasteiger partial charge on any atom is 0.308 e. The first-order chi connectivity index (χ1) is 12.6. The number of halogens is 1. The second-order valence-corrected chi connectivity index (χ2v) is 9.31. The highest BCUT2D eigenvalue weighted by Crippen LogP contribution is 2.36. The molecule has 1 aromatic carbocycles. The predicted molar refractivity (Wildman–Crippen MR) is 104 cm³/mol. The van der Waals surface area contributed by atoms with Gasteiger partial charge in [0.15, 0.2) is 0 Å². The molecule has 1 aromatic heterocycles. The highest BCUT2D eigenvalue weighted by Gasteiger charge is 2.46. The molecular formula is C20H25FN2O3S. The maximum absolute atomic E-state index is 14.8. The van der Waals surface area contributed by atoms with Crippen molar-refractivity contribution < 1.29 is 18.5 Å². The van der Waals surface area contributed by atoms with Crippen LogP contribution in [0.25, 0.3) is 0 Å². The first kappa shape index (κ1) is 21.3. The van der Waals surface area contributed by atoms with E-state index in [1.807, 2.05) is 19.1 Å². The number of hydrogen-bond acceptors (Lipinski definition) is 5. The normalized spacial score (nSPS) is 15.1. The first-order valence-corrected chi connectivity index (χ1v) is 9.70. The summed E-state index contributed by atoms with van der Waals surface area (Å²) in [4.78, 5) is 16.5. The Hall–Kier alpha value is -1.96. The number of carbonyl (C=O) groups is 1. The van der Waals surface area contributed by atoms with E-state index in [0.29, 0.717) is 5.56 Å². The largest absolute Gasteiger partial charge is 0.598 e. The van der Waals surface area contributed by atoms with Crippen molar-refractivity contribution in [3.8, 4) is 0 Å². The van der Waals surface area contributed by atoms with E-state index >= 15 is 0 Å². The lowest BCUT2D eigenvalue weighted by Gasteiger charge is -2.37. The minimum atomic E-state index is -1.60. The minimum absolute atomic E-state index is 0.00291. The Morgan fingerprint density at radius 2 is 1.89 bits per heavy atom. The molecule has 0 saturated heterocycles. The molecule has 2 rings (SSSR count). The van der Waals surface area contributed by atoms with E-state index in [9.17, 15) is 13.7 Å². The Bertz CT molecular complexity index is 793. The van der Waals surface area contributed by atoms with Crippen LogP contribution in [0.3, 0.4) is 0 Å². The predicted octanol–water partition coefficient (Wildman–Crippen LogP) is 3.39. The highest BCUT2D eigenvalue weighted by molar-refractivity contribution is 7.90. The summed E-state index contributed by atoms with van der Waals surface area (Å²) in [6.07, 6.45) is 1.18. The molecular weight excluding hydrogens is 367 g/mol. The zero-order valence-corrected chi connectivity index (χ0v) is 17.0. The van der Waals surface area contributed by atoms with Crippen molar-refractivity contribution in [3.05, 3.63) is 65.2 Å². The van der Waals surface area contributed by atoms with Crippen LogP contribution in [-0.2, 0) is 26.4 Å². The Balaban J connectivity index is 2.73. The average molecular weight is 392 g/mol. The van der Waals surface area contributed by atoms with E-state index in [-0.39, 0.29) is 12.1 Å². The third kappa shape index (κ3) is 4.86. The molecule has 0 spiro atoms. The van der Waals surface area contributed by atoms with Gasteiger partial charge < -0.3 is 9.29 Å². The SMILES string of the molecule is COC(=O)C[C@](N[S+]([O-])C(C)(C)C)(c1ccc(C)cc1)c1ncccc1F. The molecule has 27 heavy (non-hydrogen) atoms. The highest BCUT2D eigenvalue weighted by atomic mass is 32.2. The van der Waals surface area contributed by atoms with Gasteiger partial charge in [0.1, 0.15) is 21.8 Å². The second kappa shape index (κ2) is 8.37. The number of carbonyl (C=O) groups excluding carboxylic acids is 1. The molecule has 2 aromatic rings. The molecule has 2 atom stereocenters. The lowest BCUT2D eigenvalue weighted by molar-refractivity contribution is -0.142. The van der Waals surface area contributed by atoms with Crippen LogP contribution in [0.1, 0.15) is 44.0 Å². The Morgan fingerprint density at radius 1 is 1.26 bits per heavy atom. The van der Waals surface area contributed by atoms with Crippen molar-refractivity contribution in [1.29, 1.82) is 0 Å². The van der Waals surface area contributed by atoms with Gasteiger partial charge in [-0.05, 0) is 45.4 Å². The quantitative estimate of drug-likeness (QED) is 0.603. The average Bonchev–Trinajstić information content (AvgIpc) is 2.61. The summed E-state index contributed by atoms with van der Waals surface area (Å²) in [5.74, 6) is -1.17. The fourth-order valence-corrected chi connectivity index (χ4v) is 3.51. The van der Waals surface area contributed by atoms with Gasteiger partial charge >= 0.3 is 5.97 Å². The Labute approximate surface area is 162 Å². The zero-order chi connectivity index (χ0) is 20.2. The van der Waals surface area contributed by atoms with E-state index in [1.54, 1.807) is 32.9 Å². The van der Waals surface area contributed by atoms with Crippen LogP contribution in [0.4, 0.5) is 4.39 Å². The van der Waals surface area contributed by atoms with E-state index in [4.69, 9.17) is 4.74 Å². The molecule has 1 heterocycles. The van der Waals surface area contributed by atoms with Crippen LogP contribution in [0.15, 0.2) is 42.6 Å². The van der Waals surface area contributed by atoms with Crippen LogP contribution in [-0.4, -0.2) is 27.4 Å². The summed E-state index contributed by atoms with van der Waals surface area (Å²) in [5.41, 5.74) is 0.138. The zero-order valence-electron chi connectivity index (χ0n) is 16.2. The molecule has 1 unspecified atom stereocenters. The van der Waals surface area contributed by atoms with Gasteiger partial charge in [-0.3, -0.25) is 9.78 Å². The van der Waals surface area contributed by atoms with Crippen molar-refractivity contribution >= 4 is 17.3 Å². The van der Waals surface area contributed by atoms with Gasteiger partial charge in [-0.25, -0.2) is 4.39 Å². The monoisotopic (exact) mass is 392 g/mol. The Morgan fingerprint density at radius 3 is 2.41 bits per heavy atom. The number of pyridine rings is 1. The summed E-state index contributed by atoms with van der Waals surface area (Å²) in [7, 11) is 1.26. The van der Waals surface area contributed by atoms with Gasteiger partial charge in [-0.2, -0.15) is 0 Å². The number of rotatable bonds is 6. The van der Waals surface area contributed by atoms with Crippen LogP contribution < -0.4 is 4.72 Å². The first-order valence-electron chi connectivity index (χ1n) is 8.55. The molecule has 0 saturated carbocycles. The molecule has 0 aliphatic heterocycles. The molecule has 5 nitrogen and oxygen atoms in total. The van der Waals surface area contributed by atoms with Crippen LogP contribution in [0, 0.1) is 12.7 Å². The summed E-state index contributed by atoms with van der Waals surface area (Å²) in [6, 6.07) is 9.99. The number of esters is 1. The van der Waals surface area contributed by atoms with E-state index in [0.717, 1.165) is 5.56 Å². The number of nitrogens with one attached hydrogen (secondary N) is 1. The number of aryl methyl sites for hydroxylation is 1. The maximum atomic E-state index is 14.8. The molecule has 0 aliphatic rings. The van der Waals surface area contributed by atoms with Gasteiger partial charge in [0.25, 0.3) is 0 Å². The molecule has 0 fully saturated rings. The lowest BCUT2D eigenvalue weighted by atomic mass is 9.83. The third-order valence-corrected chi connectivity index (χ3v) is 5.81. The molecule has 0 bridgehead atoms.